The van der Waals surface area contributed by atoms with E-state index in [4.69, 9.17) is 17.3 Å². The molecule has 3 aromatic rings. The molecule has 1 aromatic carbocycles. The van der Waals surface area contributed by atoms with E-state index in [0.29, 0.717) is 16.3 Å². The number of nitrogen functional groups attached to an aromatic ring is 1. The molecule has 2 heterocycles. The predicted octanol–water partition coefficient (Wildman–Crippen LogP) is 2.62. The highest BCUT2D eigenvalue weighted by Gasteiger charge is 2.13. The maximum atomic E-state index is 11.9. The van der Waals surface area contributed by atoms with Crippen LogP contribution < -0.4 is 11.1 Å². The molecule has 8 heteroatoms. The molecular formula is C14H10ClN5O2. The lowest BCUT2D eigenvalue weighted by Gasteiger charge is -2.08. The summed E-state index contributed by atoms with van der Waals surface area (Å²) in [4.78, 5) is 20.2. The van der Waals surface area contributed by atoms with E-state index in [9.17, 15) is 4.79 Å². The summed E-state index contributed by atoms with van der Waals surface area (Å²) < 4.78 is 4.60. The standard InChI is InChI=1S/C14H10ClN5O2/c15-10-4-2-1-3-9(10)12-13(16)19-11(6-17-12)20-14(21)8-5-18-22-7-8/h1-7H,(H3,16,19,20,21). The number of nitrogens with two attached hydrogens (primary N) is 1. The fourth-order valence-corrected chi connectivity index (χ4v) is 2.06. The van der Waals surface area contributed by atoms with Crippen molar-refractivity contribution in [3.8, 4) is 11.3 Å². The van der Waals surface area contributed by atoms with Gasteiger partial charge in [-0.05, 0) is 6.07 Å². The Morgan fingerprint density at radius 3 is 2.77 bits per heavy atom. The Balaban J connectivity index is 1.87. The third-order valence-corrected chi connectivity index (χ3v) is 3.19. The molecule has 1 amide bonds. The minimum Gasteiger partial charge on any atom is -0.382 e. The van der Waals surface area contributed by atoms with E-state index in [2.05, 4.69) is 25.0 Å². The molecule has 0 aliphatic carbocycles. The number of nitrogens with zero attached hydrogens (tertiary/aromatic N) is 3. The maximum Gasteiger partial charge on any atom is 0.261 e. The van der Waals surface area contributed by atoms with Crippen molar-refractivity contribution in [1.82, 2.24) is 15.1 Å². The van der Waals surface area contributed by atoms with E-state index in [0.717, 1.165) is 0 Å². The molecule has 0 saturated heterocycles. The van der Waals surface area contributed by atoms with E-state index in [-0.39, 0.29) is 17.2 Å². The van der Waals surface area contributed by atoms with Crippen molar-refractivity contribution in [3.05, 3.63) is 53.5 Å². The summed E-state index contributed by atoms with van der Waals surface area (Å²) in [6.07, 6.45) is 3.93. The Kier molecular flexibility index (Phi) is 3.71. The van der Waals surface area contributed by atoms with Gasteiger partial charge in [0, 0.05) is 5.56 Å². The fraction of sp³-hybridized carbons (Fsp3) is 0. The zero-order valence-electron chi connectivity index (χ0n) is 11.2. The van der Waals surface area contributed by atoms with Gasteiger partial charge in [-0.3, -0.25) is 4.79 Å². The first-order valence-corrected chi connectivity index (χ1v) is 6.61. The number of hydrogen-bond donors (Lipinski definition) is 2. The second-order valence-corrected chi connectivity index (χ2v) is 4.74. The van der Waals surface area contributed by atoms with Crippen molar-refractivity contribution in [2.24, 2.45) is 0 Å². The Hall–Kier alpha value is -2.93. The molecule has 0 aliphatic rings. The summed E-state index contributed by atoms with van der Waals surface area (Å²) in [7, 11) is 0. The van der Waals surface area contributed by atoms with Gasteiger partial charge in [0.05, 0.1) is 23.0 Å². The van der Waals surface area contributed by atoms with Gasteiger partial charge >= 0.3 is 0 Å². The molecule has 0 bridgehead atoms. The van der Waals surface area contributed by atoms with Crippen LogP contribution in [0.15, 0.2) is 47.4 Å². The van der Waals surface area contributed by atoms with Crippen LogP contribution in [0.3, 0.4) is 0 Å². The van der Waals surface area contributed by atoms with E-state index in [1.54, 1.807) is 12.1 Å². The summed E-state index contributed by atoms with van der Waals surface area (Å²) >= 11 is 6.11. The smallest absolute Gasteiger partial charge is 0.261 e. The molecule has 0 saturated carbocycles. The summed E-state index contributed by atoms with van der Waals surface area (Å²) in [6, 6.07) is 7.16. The monoisotopic (exact) mass is 315 g/mol. The average Bonchev–Trinajstić information content (AvgIpc) is 3.03. The second-order valence-electron chi connectivity index (χ2n) is 4.34. The molecule has 0 aliphatic heterocycles. The van der Waals surface area contributed by atoms with Crippen molar-refractivity contribution in [2.45, 2.75) is 0 Å². The van der Waals surface area contributed by atoms with Gasteiger partial charge in [0.1, 0.15) is 12.0 Å². The molecule has 3 rings (SSSR count). The Labute approximate surface area is 130 Å². The number of carbonyl (C=O) groups excluding carboxylic acids is 1. The van der Waals surface area contributed by atoms with Crippen LogP contribution in [0.25, 0.3) is 11.3 Å². The van der Waals surface area contributed by atoms with Gasteiger partial charge in [-0.25, -0.2) is 9.97 Å². The van der Waals surface area contributed by atoms with Crippen LogP contribution >= 0.6 is 11.6 Å². The molecule has 0 spiro atoms. The minimum atomic E-state index is -0.416. The molecular weight excluding hydrogens is 306 g/mol. The van der Waals surface area contributed by atoms with Gasteiger partial charge in [0.15, 0.2) is 11.6 Å². The number of aromatic nitrogens is 3. The number of halogens is 1. The third kappa shape index (κ3) is 2.75. The quantitative estimate of drug-likeness (QED) is 0.769. The Morgan fingerprint density at radius 2 is 2.09 bits per heavy atom. The van der Waals surface area contributed by atoms with Crippen LogP contribution in [-0.4, -0.2) is 21.0 Å². The van der Waals surface area contributed by atoms with Crippen LogP contribution in [0.2, 0.25) is 5.02 Å². The van der Waals surface area contributed by atoms with Crippen LogP contribution in [0.4, 0.5) is 11.6 Å². The average molecular weight is 316 g/mol. The Morgan fingerprint density at radius 1 is 1.27 bits per heavy atom. The molecule has 0 fully saturated rings. The maximum absolute atomic E-state index is 11.9. The third-order valence-electron chi connectivity index (χ3n) is 2.86. The number of amides is 1. The molecule has 0 atom stereocenters. The zero-order valence-corrected chi connectivity index (χ0v) is 11.9. The highest BCUT2D eigenvalue weighted by atomic mass is 35.5. The van der Waals surface area contributed by atoms with Crippen LogP contribution in [0.1, 0.15) is 10.4 Å². The van der Waals surface area contributed by atoms with E-state index < -0.39 is 5.91 Å². The van der Waals surface area contributed by atoms with Gasteiger partial charge in [-0.15, -0.1) is 0 Å². The number of nitrogens with one attached hydrogen (secondary N) is 1. The lowest BCUT2D eigenvalue weighted by molar-refractivity contribution is 0.102. The number of carbonyl (C=O) groups is 1. The summed E-state index contributed by atoms with van der Waals surface area (Å²) in [6.45, 7) is 0. The highest BCUT2D eigenvalue weighted by Crippen LogP contribution is 2.29. The Bertz CT molecular complexity index is 820. The SMILES string of the molecule is Nc1nc(NC(=O)c2cnoc2)cnc1-c1ccccc1Cl. The topological polar surface area (TPSA) is 107 Å². The van der Waals surface area contributed by atoms with Gasteiger partial charge in [0.25, 0.3) is 5.91 Å². The predicted molar refractivity (Wildman–Crippen MR) is 81.3 cm³/mol. The normalized spacial score (nSPS) is 10.4. The number of rotatable bonds is 3. The lowest BCUT2D eigenvalue weighted by atomic mass is 10.1. The van der Waals surface area contributed by atoms with Gasteiger partial charge in [-0.2, -0.15) is 0 Å². The summed E-state index contributed by atoms with van der Waals surface area (Å²) in [5.74, 6) is -0.0313. The van der Waals surface area contributed by atoms with Crippen molar-refractivity contribution < 1.29 is 9.32 Å². The van der Waals surface area contributed by atoms with Gasteiger partial charge in [0.2, 0.25) is 0 Å². The number of hydrogen-bond acceptors (Lipinski definition) is 6. The molecule has 3 N–H and O–H groups in total. The first-order valence-electron chi connectivity index (χ1n) is 6.23. The molecule has 2 aromatic heterocycles. The molecule has 0 unspecified atom stereocenters. The second kappa shape index (κ2) is 5.82. The number of anilines is 2. The van der Waals surface area contributed by atoms with E-state index in [1.807, 2.05) is 12.1 Å². The minimum absolute atomic E-state index is 0.163. The van der Waals surface area contributed by atoms with Crippen LogP contribution in [0, 0.1) is 0 Å². The molecule has 7 nitrogen and oxygen atoms in total. The lowest BCUT2D eigenvalue weighted by Crippen LogP contribution is -2.13. The van der Waals surface area contributed by atoms with Crippen molar-refractivity contribution >= 4 is 29.1 Å². The van der Waals surface area contributed by atoms with E-state index >= 15 is 0 Å². The fourth-order valence-electron chi connectivity index (χ4n) is 1.83. The molecule has 110 valence electrons. The van der Waals surface area contributed by atoms with Crippen molar-refractivity contribution in [3.63, 3.8) is 0 Å². The number of benzene rings is 1. The summed E-state index contributed by atoms with van der Waals surface area (Å²) in [5, 5.41) is 6.53. The molecule has 0 radical (unpaired) electrons. The van der Waals surface area contributed by atoms with Crippen LogP contribution in [0.5, 0.6) is 0 Å². The van der Waals surface area contributed by atoms with Crippen molar-refractivity contribution in [2.75, 3.05) is 11.1 Å². The first-order chi connectivity index (χ1) is 10.6. The van der Waals surface area contributed by atoms with Gasteiger partial charge < -0.3 is 15.6 Å². The largest absolute Gasteiger partial charge is 0.382 e. The summed E-state index contributed by atoms with van der Waals surface area (Å²) in [5.41, 5.74) is 7.30. The zero-order chi connectivity index (χ0) is 15.5. The van der Waals surface area contributed by atoms with E-state index in [1.165, 1.54) is 18.7 Å². The van der Waals surface area contributed by atoms with Crippen LogP contribution in [-0.2, 0) is 0 Å². The van der Waals surface area contributed by atoms with Gasteiger partial charge in [-0.1, -0.05) is 35.0 Å². The first kappa shape index (κ1) is 14.0. The van der Waals surface area contributed by atoms with Crippen molar-refractivity contribution in [1.29, 1.82) is 0 Å². The highest BCUT2D eigenvalue weighted by molar-refractivity contribution is 6.33. The molecule has 22 heavy (non-hydrogen) atoms.